The lowest BCUT2D eigenvalue weighted by atomic mass is 9.95. The molecule has 1 aromatic heterocycles. The molecule has 0 saturated heterocycles. The standard InChI is InChI=1S/C28H43BrN4O7/c1-3-38-28(39-21-22-40-30-2)12-6-4-5-7-26-27(28)31-32-33(26)13-14-34-15-16-35-17-18-36-19-20-37-23-24-8-10-25(29)11-9-24/h8-11H,2-7,12-23H2,1H3. The molecule has 0 N–H and O–H groups in total. The van der Waals surface area contributed by atoms with E-state index in [1.807, 2.05) is 35.9 Å². The molecule has 0 amide bonds. The highest BCUT2D eigenvalue weighted by atomic mass is 79.9. The van der Waals surface area contributed by atoms with Crippen molar-refractivity contribution >= 4 is 22.6 Å². The number of halogens is 1. The summed E-state index contributed by atoms with van der Waals surface area (Å²) in [5, 5.41) is 12.3. The molecule has 1 atom stereocenters. The van der Waals surface area contributed by atoms with Crippen LogP contribution < -0.4 is 0 Å². The normalized spacial score (nSPS) is 17.2. The van der Waals surface area contributed by atoms with E-state index in [2.05, 4.69) is 38.1 Å². The molecule has 0 saturated carbocycles. The first-order valence-corrected chi connectivity index (χ1v) is 14.8. The van der Waals surface area contributed by atoms with E-state index in [4.69, 9.17) is 33.3 Å². The van der Waals surface area contributed by atoms with Crippen molar-refractivity contribution in [2.45, 2.75) is 58.0 Å². The number of ether oxygens (including phenoxy) is 6. The molecule has 1 aliphatic rings. The quantitative estimate of drug-likeness (QED) is 0.0869. The number of benzene rings is 1. The van der Waals surface area contributed by atoms with Gasteiger partial charge in [-0.1, -0.05) is 39.7 Å². The van der Waals surface area contributed by atoms with Crippen molar-refractivity contribution in [2.24, 2.45) is 5.16 Å². The average Bonchev–Trinajstić information content (AvgIpc) is 3.35. The van der Waals surface area contributed by atoms with Gasteiger partial charge in [0, 0.05) is 24.2 Å². The maximum absolute atomic E-state index is 6.21. The van der Waals surface area contributed by atoms with Crippen LogP contribution in [-0.4, -0.2) is 87.8 Å². The lowest BCUT2D eigenvalue weighted by Gasteiger charge is -2.33. The summed E-state index contributed by atoms with van der Waals surface area (Å²) in [7, 11) is 0. The van der Waals surface area contributed by atoms with Crippen molar-refractivity contribution in [1.82, 2.24) is 15.0 Å². The summed E-state index contributed by atoms with van der Waals surface area (Å²) < 4.78 is 37.9. The predicted octanol–water partition coefficient (Wildman–Crippen LogP) is 4.26. The van der Waals surface area contributed by atoms with E-state index in [1.165, 1.54) is 0 Å². The second-order valence-corrected chi connectivity index (χ2v) is 10.1. The molecule has 1 aromatic carbocycles. The molecule has 11 nitrogen and oxygen atoms in total. The molecule has 3 rings (SSSR count). The summed E-state index contributed by atoms with van der Waals surface area (Å²) in [5.74, 6) is -0.935. The Hall–Kier alpha value is -1.93. The molecule has 0 spiro atoms. The number of rotatable bonds is 21. The Morgan fingerprint density at radius 1 is 0.875 bits per heavy atom. The Bertz CT molecular complexity index is 963. The van der Waals surface area contributed by atoms with Crippen molar-refractivity contribution < 1.29 is 33.3 Å². The monoisotopic (exact) mass is 626 g/mol. The van der Waals surface area contributed by atoms with Crippen LogP contribution in [0.2, 0.25) is 0 Å². The van der Waals surface area contributed by atoms with Crippen LogP contribution in [0.15, 0.2) is 33.9 Å². The number of fused-ring (bicyclic) bond motifs is 1. The fourth-order valence-corrected chi connectivity index (χ4v) is 4.71. The molecule has 40 heavy (non-hydrogen) atoms. The van der Waals surface area contributed by atoms with Gasteiger partial charge in [0.2, 0.25) is 5.79 Å². The molecule has 0 radical (unpaired) electrons. The zero-order valence-corrected chi connectivity index (χ0v) is 25.1. The molecule has 1 heterocycles. The second kappa shape index (κ2) is 19.2. The molecule has 12 heteroatoms. The Morgan fingerprint density at radius 3 is 2.27 bits per heavy atom. The second-order valence-electron chi connectivity index (χ2n) is 9.18. The van der Waals surface area contributed by atoms with Crippen LogP contribution in [0, 0.1) is 0 Å². The smallest absolute Gasteiger partial charge is 0.216 e. The maximum atomic E-state index is 6.21. The summed E-state index contributed by atoms with van der Waals surface area (Å²) in [6, 6.07) is 8.08. The zero-order valence-electron chi connectivity index (χ0n) is 23.6. The molecular formula is C28H43BrN4O7. The van der Waals surface area contributed by atoms with Gasteiger partial charge in [0.05, 0.1) is 71.7 Å². The highest BCUT2D eigenvalue weighted by Crippen LogP contribution is 2.36. The molecular weight excluding hydrogens is 584 g/mol. The van der Waals surface area contributed by atoms with Gasteiger partial charge in [-0.15, -0.1) is 10.3 Å². The van der Waals surface area contributed by atoms with Gasteiger partial charge >= 0.3 is 0 Å². The van der Waals surface area contributed by atoms with Gasteiger partial charge in [0.1, 0.15) is 12.3 Å². The number of hydrogen-bond acceptors (Lipinski definition) is 10. The van der Waals surface area contributed by atoms with Gasteiger partial charge in [-0.3, -0.25) is 0 Å². The molecule has 2 aromatic rings. The number of nitrogens with zero attached hydrogens (tertiary/aromatic N) is 4. The van der Waals surface area contributed by atoms with Crippen LogP contribution in [0.1, 0.15) is 49.6 Å². The van der Waals surface area contributed by atoms with E-state index in [9.17, 15) is 0 Å². The largest absolute Gasteiger partial charge is 0.394 e. The van der Waals surface area contributed by atoms with E-state index in [0.29, 0.717) is 85.6 Å². The number of hydrogen-bond donors (Lipinski definition) is 0. The van der Waals surface area contributed by atoms with Gasteiger partial charge in [-0.2, -0.15) is 0 Å². The molecule has 1 aliphatic carbocycles. The number of aromatic nitrogens is 3. The minimum atomic E-state index is -0.935. The highest BCUT2D eigenvalue weighted by molar-refractivity contribution is 9.10. The summed E-state index contributed by atoms with van der Waals surface area (Å²) in [6.07, 6.45) is 4.72. The SMILES string of the molecule is C=NOCCOC1(OCC)CCCCCc2c1nnn2CCOCCOCCOCCOCc1ccc(Br)cc1. The van der Waals surface area contributed by atoms with E-state index in [-0.39, 0.29) is 0 Å². The minimum absolute atomic E-state index is 0.297. The van der Waals surface area contributed by atoms with Gasteiger partial charge in [-0.25, -0.2) is 4.68 Å². The van der Waals surface area contributed by atoms with Crippen LogP contribution in [0.5, 0.6) is 0 Å². The lowest BCUT2D eigenvalue weighted by Crippen LogP contribution is -2.37. The topological polar surface area (TPSA) is 108 Å². The Morgan fingerprint density at radius 2 is 1.57 bits per heavy atom. The van der Waals surface area contributed by atoms with Crippen molar-refractivity contribution in [3.8, 4) is 0 Å². The summed E-state index contributed by atoms with van der Waals surface area (Å²) in [5.41, 5.74) is 2.92. The van der Waals surface area contributed by atoms with Gasteiger partial charge in [0.15, 0.2) is 0 Å². The first kappa shape index (κ1) is 32.6. The van der Waals surface area contributed by atoms with Crippen LogP contribution >= 0.6 is 15.9 Å². The van der Waals surface area contributed by atoms with Crippen molar-refractivity contribution in [3.63, 3.8) is 0 Å². The maximum Gasteiger partial charge on any atom is 0.216 e. The van der Waals surface area contributed by atoms with Crippen molar-refractivity contribution in [3.05, 3.63) is 45.7 Å². The lowest BCUT2D eigenvalue weighted by molar-refractivity contribution is -0.257. The van der Waals surface area contributed by atoms with Gasteiger partial charge in [-0.05, 0) is 43.9 Å². The number of oxime groups is 1. The third kappa shape index (κ3) is 11.2. The summed E-state index contributed by atoms with van der Waals surface area (Å²) in [6.45, 7) is 11.2. The fraction of sp³-hybridized carbons (Fsp3) is 0.679. The molecule has 224 valence electrons. The Balaban J connectivity index is 1.29. The first-order valence-electron chi connectivity index (χ1n) is 14.0. The molecule has 1 unspecified atom stereocenters. The van der Waals surface area contributed by atoms with Gasteiger partial charge < -0.3 is 33.3 Å². The third-order valence-electron chi connectivity index (χ3n) is 6.34. The van der Waals surface area contributed by atoms with Crippen LogP contribution in [0.3, 0.4) is 0 Å². The Kier molecular flexibility index (Phi) is 15.7. The third-order valence-corrected chi connectivity index (χ3v) is 6.87. The van der Waals surface area contributed by atoms with Crippen molar-refractivity contribution in [2.75, 3.05) is 66.1 Å². The molecule has 0 aliphatic heterocycles. The molecule has 0 bridgehead atoms. The van der Waals surface area contributed by atoms with Crippen LogP contribution in [0.25, 0.3) is 0 Å². The van der Waals surface area contributed by atoms with E-state index >= 15 is 0 Å². The molecule has 0 fully saturated rings. The van der Waals surface area contributed by atoms with Crippen LogP contribution in [-0.2, 0) is 58.6 Å². The summed E-state index contributed by atoms with van der Waals surface area (Å²) >= 11 is 3.43. The van der Waals surface area contributed by atoms with E-state index in [0.717, 1.165) is 47.1 Å². The van der Waals surface area contributed by atoms with Crippen LogP contribution in [0.4, 0.5) is 0 Å². The average molecular weight is 628 g/mol. The summed E-state index contributed by atoms with van der Waals surface area (Å²) in [4.78, 5) is 4.99. The van der Waals surface area contributed by atoms with E-state index in [1.54, 1.807) is 0 Å². The minimum Gasteiger partial charge on any atom is -0.394 e. The van der Waals surface area contributed by atoms with E-state index < -0.39 is 5.79 Å². The van der Waals surface area contributed by atoms with Crippen molar-refractivity contribution in [1.29, 1.82) is 0 Å². The first-order chi connectivity index (χ1) is 19.7. The predicted molar refractivity (Wildman–Crippen MR) is 153 cm³/mol. The zero-order chi connectivity index (χ0) is 28.3. The Labute approximate surface area is 245 Å². The fourth-order valence-electron chi connectivity index (χ4n) is 4.45. The highest BCUT2D eigenvalue weighted by Gasteiger charge is 2.40. The van der Waals surface area contributed by atoms with Gasteiger partial charge in [0.25, 0.3) is 0 Å².